The van der Waals surface area contributed by atoms with Crippen LogP contribution in [0.2, 0.25) is 0 Å². The second-order valence-corrected chi connectivity index (χ2v) is 7.07. The van der Waals surface area contributed by atoms with Crippen molar-refractivity contribution in [2.45, 2.75) is 0 Å². The van der Waals surface area contributed by atoms with Crippen LogP contribution in [0.4, 0.5) is 11.4 Å². The molecule has 2 N–H and O–H groups in total. The first-order valence-corrected chi connectivity index (χ1v) is 10.0. The lowest BCUT2D eigenvalue weighted by atomic mass is 10.1. The van der Waals surface area contributed by atoms with Crippen LogP contribution in [0.1, 0.15) is 20.9 Å². The molecule has 4 aromatic rings. The molecule has 0 fully saturated rings. The van der Waals surface area contributed by atoms with Gasteiger partial charge in [-0.15, -0.1) is 0 Å². The average Bonchev–Trinajstić information content (AvgIpc) is 3.29. The SMILES string of the molecule is COc1cc(OC)cc(C(=O)Nc2ccc(NC(=O)c3cc4ccccc4o3)c(OC)c2)c1. The molecule has 4 rings (SSSR count). The average molecular weight is 446 g/mol. The molecule has 0 atom stereocenters. The van der Waals surface area contributed by atoms with E-state index in [2.05, 4.69) is 10.6 Å². The highest BCUT2D eigenvalue weighted by Gasteiger charge is 2.16. The first kappa shape index (κ1) is 21.8. The predicted molar refractivity (Wildman–Crippen MR) is 125 cm³/mol. The molecule has 2 amide bonds. The van der Waals surface area contributed by atoms with E-state index in [0.29, 0.717) is 39.8 Å². The number of fused-ring (bicyclic) bond motifs is 1. The fourth-order valence-corrected chi connectivity index (χ4v) is 3.29. The van der Waals surface area contributed by atoms with Crippen molar-refractivity contribution in [1.29, 1.82) is 0 Å². The van der Waals surface area contributed by atoms with E-state index in [1.165, 1.54) is 21.3 Å². The number of rotatable bonds is 7. The quantitative estimate of drug-likeness (QED) is 0.416. The molecule has 0 aliphatic heterocycles. The van der Waals surface area contributed by atoms with Crippen LogP contribution < -0.4 is 24.8 Å². The van der Waals surface area contributed by atoms with E-state index in [-0.39, 0.29) is 11.7 Å². The maximum absolute atomic E-state index is 12.7. The molecular weight excluding hydrogens is 424 g/mol. The number of ether oxygens (including phenoxy) is 3. The Morgan fingerprint density at radius 1 is 0.758 bits per heavy atom. The first-order valence-electron chi connectivity index (χ1n) is 10.0. The summed E-state index contributed by atoms with van der Waals surface area (Å²) < 4.78 is 21.4. The van der Waals surface area contributed by atoms with Crippen molar-refractivity contribution < 1.29 is 28.2 Å². The second-order valence-electron chi connectivity index (χ2n) is 7.07. The van der Waals surface area contributed by atoms with Gasteiger partial charge in [-0.25, -0.2) is 0 Å². The molecule has 0 bridgehead atoms. The Bertz CT molecular complexity index is 1270. The Morgan fingerprint density at radius 3 is 2.15 bits per heavy atom. The molecule has 1 heterocycles. The van der Waals surface area contributed by atoms with Crippen molar-refractivity contribution in [2.24, 2.45) is 0 Å². The van der Waals surface area contributed by atoms with Gasteiger partial charge in [0.15, 0.2) is 5.76 Å². The third kappa shape index (κ3) is 4.74. The van der Waals surface area contributed by atoms with Crippen LogP contribution in [0.25, 0.3) is 11.0 Å². The number of carbonyl (C=O) groups is 2. The molecule has 33 heavy (non-hydrogen) atoms. The second kappa shape index (κ2) is 9.35. The summed E-state index contributed by atoms with van der Waals surface area (Å²) in [5, 5.41) is 6.42. The Kier molecular flexibility index (Phi) is 6.17. The normalized spacial score (nSPS) is 10.5. The third-order valence-electron chi connectivity index (χ3n) is 4.97. The molecule has 8 nitrogen and oxygen atoms in total. The number of benzene rings is 3. The van der Waals surface area contributed by atoms with Gasteiger partial charge in [0.1, 0.15) is 22.8 Å². The molecular formula is C25H22N2O6. The van der Waals surface area contributed by atoms with Gasteiger partial charge < -0.3 is 29.3 Å². The monoisotopic (exact) mass is 446 g/mol. The minimum Gasteiger partial charge on any atom is -0.497 e. The summed E-state index contributed by atoms with van der Waals surface area (Å²) in [5.41, 5.74) is 1.92. The van der Waals surface area contributed by atoms with E-state index >= 15 is 0 Å². The summed E-state index contributed by atoms with van der Waals surface area (Å²) in [4.78, 5) is 25.4. The first-order chi connectivity index (χ1) is 16.0. The molecule has 8 heteroatoms. The minimum atomic E-state index is -0.412. The summed E-state index contributed by atoms with van der Waals surface area (Å²) in [6.07, 6.45) is 0. The molecule has 168 valence electrons. The van der Waals surface area contributed by atoms with Crippen molar-refractivity contribution in [3.05, 3.63) is 78.1 Å². The van der Waals surface area contributed by atoms with E-state index in [1.807, 2.05) is 18.2 Å². The molecule has 3 aromatic carbocycles. The number of hydrogen-bond acceptors (Lipinski definition) is 6. The zero-order chi connectivity index (χ0) is 23.4. The van der Waals surface area contributed by atoms with E-state index in [4.69, 9.17) is 18.6 Å². The van der Waals surface area contributed by atoms with Gasteiger partial charge >= 0.3 is 0 Å². The molecule has 0 aliphatic rings. The Labute approximate surface area is 190 Å². The van der Waals surface area contributed by atoms with Crippen LogP contribution in [-0.4, -0.2) is 33.1 Å². The molecule has 0 unspecified atom stereocenters. The van der Waals surface area contributed by atoms with Crippen molar-refractivity contribution in [1.82, 2.24) is 0 Å². The summed E-state index contributed by atoms with van der Waals surface area (Å²) in [6, 6.07) is 18.9. The summed E-state index contributed by atoms with van der Waals surface area (Å²) in [7, 11) is 4.50. The lowest BCUT2D eigenvalue weighted by Crippen LogP contribution is -2.14. The van der Waals surface area contributed by atoms with Crippen LogP contribution in [0.5, 0.6) is 17.2 Å². The molecule has 0 saturated heterocycles. The van der Waals surface area contributed by atoms with Gasteiger partial charge in [0.25, 0.3) is 11.8 Å². The van der Waals surface area contributed by atoms with Crippen molar-refractivity contribution in [3.63, 3.8) is 0 Å². The van der Waals surface area contributed by atoms with Crippen molar-refractivity contribution >= 4 is 34.2 Å². The highest BCUT2D eigenvalue weighted by atomic mass is 16.5. The number of nitrogens with one attached hydrogen (secondary N) is 2. The lowest BCUT2D eigenvalue weighted by Gasteiger charge is -2.13. The Hall–Kier alpha value is -4.46. The number of furan rings is 1. The molecule has 0 radical (unpaired) electrons. The number of amides is 2. The van der Waals surface area contributed by atoms with Crippen LogP contribution in [-0.2, 0) is 0 Å². The number of anilines is 2. The van der Waals surface area contributed by atoms with Gasteiger partial charge in [-0.3, -0.25) is 9.59 Å². The van der Waals surface area contributed by atoms with E-state index in [9.17, 15) is 9.59 Å². The van der Waals surface area contributed by atoms with Gasteiger partial charge in [-0.2, -0.15) is 0 Å². The molecule has 0 aliphatic carbocycles. The topological polar surface area (TPSA) is 99.0 Å². The largest absolute Gasteiger partial charge is 0.497 e. The fourth-order valence-electron chi connectivity index (χ4n) is 3.29. The zero-order valence-corrected chi connectivity index (χ0v) is 18.3. The Morgan fingerprint density at radius 2 is 1.48 bits per heavy atom. The molecule has 0 spiro atoms. The Balaban J connectivity index is 1.52. The number of hydrogen-bond donors (Lipinski definition) is 2. The van der Waals surface area contributed by atoms with Crippen molar-refractivity contribution in [2.75, 3.05) is 32.0 Å². The summed E-state index contributed by atoms with van der Waals surface area (Å²) >= 11 is 0. The maximum atomic E-state index is 12.7. The van der Waals surface area contributed by atoms with Gasteiger partial charge in [0.2, 0.25) is 0 Å². The summed E-state index contributed by atoms with van der Waals surface area (Å²) in [5.74, 6) is 0.794. The molecule has 1 aromatic heterocycles. The van der Waals surface area contributed by atoms with Crippen LogP contribution >= 0.6 is 0 Å². The minimum absolute atomic E-state index is 0.183. The van der Waals surface area contributed by atoms with Gasteiger partial charge in [-0.1, -0.05) is 18.2 Å². The zero-order valence-electron chi connectivity index (χ0n) is 18.3. The highest BCUT2D eigenvalue weighted by Crippen LogP contribution is 2.30. The van der Waals surface area contributed by atoms with E-state index < -0.39 is 5.91 Å². The number of para-hydroxylation sites is 1. The van der Waals surface area contributed by atoms with Crippen LogP contribution in [0.3, 0.4) is 0 Å². The third-order valence-corrected chi connectivity index (χ3v) is 4.97. The molecule has 0 saturated carbocycles. The van der Waals surface area contributed by atoms with Gasteiger partial charge in [-0.05, 0) is 36.4 Å². The standard InChI is InChI=1S/C25H22N2O6/c1-30-18-10-16(11-19(14-18)31-2)24(28)26-17-8-9-20(22(13-17)32-3)27-25(29)23-12-15-6-4-5-7-21(15)33-23/h4-14H,1-3H3,(H,26,28)(H,27,29). The van der Waals surface area contributed by atoms with E-state index in [0.717, 1.165) is 5.39 Å². The van der Waals surface area contributed by atoms with Gasteiger partial charge in [0, 0.05) is 28.8 Å². The lowest BCUT2D eigenvalue weighted by molar-refractivity contribution is 0.0996. The maximum Gasteiger partial charge on any atom is 0.291 e. The van der Waals surface area contributed by atoms with Crippen LogP contribution in [0.15, 0.2) is 71.1 Å². The van der Waals surface area contributed by atoms with E-state index in [1.54, 1.807) is 48.5 Å². The smallest absolute Gasteiger partial charge is 0.291 e. The van der Waals surface area contributed by atoms with Crippen LogP contribution in [0, 0.1) is 0 Å². The predicted octanol–water partition coefficient (Wildman–Crippen LogP) is 4.96. The van der Waals surface area contributed by atoms with Crippen molar-refractivity contribution in [3.8, 4) is 17.2 Å². The fraction of sp³-hybridized carbons (Fsp3) is 0.120. The summed E-state index contributed by atoms with van der Waals surface area (Å²) in [6.45, 7) is 0. The highest BCUT2D eigenvalue weighted by molar-refractivity contribution is 6.07. The van der Waals surface area contributed by atoms with Gasteiger partial charge in [0.05, 0.1) is 27.0 Å². The number of methoxy groups -OCH3 is 3. The number of carbonyl (C=O) groups excluding carboxylic acids is 2.